The average molecular weight is 146 g/mol. The predicted octanol–water partition coefficient (Wildman–Crippen LogP) is 2.99. The van der Waals surface area contributed by atoms with Crippen molar-refractivity contribution in [2.45, 2.75) is 33.6 Å². The van der Waals surface area contributed by atoms with Crippen molar-refractivity contribution in [1.29, 1.82) is 0 Å². The van der Waals surface area contributed by atoms with Crippen LogP contribution in [0.3, 0.4) is 0 Å². The number of thiol groups is 1. The Morgan fingerprint density at radius 2 is 1.89 bits per heavy atom. The SMILES string of the molecule is CCCC(CS)C(C)C. The molecule has 0 heterocycles. The summed E-state index contributed by atoms with van der Waals surface area (Å²) < 4.78 is 0. The minimum atomic E-state index is 0.808. The van der Waals surface area contributed by atoms with E-state index in [1.165, 1.54) is 12.8 Å². The van der Waals surface area contributed by atoms with Crippen molar-refractivity contribution < 1.29 is 0 Å². The van der Waals surface area contributed by atoms with Crippen LogP contribution >= 0.6 is 12.6 Å². The van der Waals surface area contributed by atoms with Gasteiger partial charge in [-0.3, -0.25) is 0 Å². The van der Waals surface area contributed by atoms with Gasteiger partial charge in [0.1, 0.15) is 0 Å². The molecule has 0 fully saturated rings. The molecule has 0 aromatic heterocycles. The fourth-order valence-corrected chi connectivity index (χ4v) is 1.61. The fourth-order valence-electron chi connectivity index (χ4n) is 1.01. The minimum absolute atomic E-state index is 0.808. The van der Waals surface area contributed by atoms with E-state index in [9.17, 15) is 0 Å². The molecule has 0 radical (unpaired) electrons. The highest BCUT2D eigenvalue weighted by Gasteiger charge is 2.08. The van der Waals surface area contributed by atoms with Gasteiger partial charge in [0.05, 0.1) is 0 Å². The van der Waals surface area contributed by atoms with E-state index in [4.69, 9.17) is 0 Å². The molecule has 1 heteroatoms. The van der Waals surface area contributed by atoms with Crippen LogP contribution in [0.2, 0.25) is 0 Å². The van der Waals surface area contributed by atoms with Gasteiger partial charge in [0, 0.05) is 0 Å². The number of hydrogen-bond donors (Lipinski definition) is 1. The van der Waals surface area contributed by atoms with Crippen LogP contribution in [0.4, 0.5) is 0 Å². The van der Waals surface area contributed by atoms with E-state index in [1.54, 1.807) is 0 Å². The molecule has 0 spiro atoms. The molecule has 0 saturated carbocycles. The van der Waals surface area contributed by atoms with Crippen LogP contribution in [0.5, 0.6) is 0 Å². The Morgan fingerprint density at radius 3 is 2.00 bits per heavy atom. The molecule has 0 aromatic rings. The van der Waals surface area contributed by atoms with Gasteiger partial charge in [0.2, 0.25) is 0 Å². The summed E-state index contributed by atoms with van der Waals surface area (Å²) in [6.07, 6.45) is 2.63. The van der Waals surface area contributed by atoms with Crippen LogP contribution in [0.25, 0.3) is 0 Å². The van der Waals surface area contributed by atoms with E-state index in [1.807, 2.05) is 0 Å². The van der Waals surface area contributed by atoms with Gasteiger partial charge in [-0.25, -0.2) is 0 Å². The topological polar surface area (TPSA) is 0 Å². The van der Waals surface area contributed by atoms with E-state index >= 15 is 0 Å². The quantitative estimate of drug-likeness (QED) is 0.579. The molecule has 56 valence electrons. The van der Waals surface area contributed by atoms with Gasteiger partial charge in [-0.2, -0.15) is 12.6 Å². The molecule has 0 rings (SSSR count). The molecule has 1 unspecified atom stereocenters. The van der Waals surface area contributed by atoms with E-state index in [0.717, 1.165) is 17.6 Å². The van der Waals surface area contributed by atoms with Crippen LogP contribution in [0.1, 0.15) is 33.6 Å². The third kappa shape index (κ3) is 3.85. The smallest absolute Gasteiger partial charge is 0.00671 e. The molecule has 0 nitrogen and oxygen atoms in total. The van der Waals surface area contributed by atoms with Gasteiger partial charge in [-0.1, -0.05) is 27.2 Å². The summed E-state index contributed by atoms with van der Waals surface area (Å²) >= 11 is 4.29. The lowest BCUT2D eigenvalue weighted by atomic mass is 9.93. The summed E-state index contributed by atoms with van der Waals surface area (Å²) in [6, 6.07) is 0. The lowest BCUT2D eigenvalue weighted by molar-refractivity contribution is 0.396. The van der Waals surface area contributed by atoms with E-state index < -0.39 is 0 Å². The number of rotatable bonds is 4. The molecule has 0 N–H and O–H groups in total. The summed E-state index contributed by atoms with van der Waals surface area (Å²) in [5, 5.41) is 0. The van der Waals surface area contributed by atoms with Crippen LogP contribution in [0, 0.1) is 11.8 Å². The van der Waals surface area contributed by atoms with Crippen molar-refractivity contribution in [3.05, 3.63) is 0 Å². The largest absolute Gasteiger partial charge is 0.179 e. The highest BCUT2D eigenvalue weighted by molar-refractivity contribution is 7.80. The van der Waals surface area contributed by atoms with Gasteiger partial charge in [-0.15, -0.1) is 0 Å². The molecule has 0 saturated heterocycles. The van der Waals surface area contributed by atoms with E-state index in [-0.39, 0.29) is 0 Å². The van der Waals surface area contributed by atoms with Gasteiger partial charge in [-0.05, 0) is 24.0 Å². The molecule has 0 aromatic carbocycles. The van der Waals surface area contributed by atoms with Crippen molar-refractivity contribution in [2.75, 3.05) is 5.75 Å². The lowest BCUT2D eigenvalue weighted by Crippen LogP contribution is -2.09. The third-order valence-corrected chi connectivity index (χ3v) is 2.31. The highest BCUT2D eigenvalue weighted by atomic mass is 32.1. The van der Waals surface area contributed by atoms with Crippen LogP contribution in [-0.4, -0.2) is 5.75 Å². The predicted molar refractivity (Wildman–Crippen MR) is 47.1 cm³/mol. The molecule has 0 aliphatic heterocycles. The van der Waals surface area contributed by atoms with Gasteiger partial charge in [0.15, 0.2) is 0 Å². The Balaban J connectivity index is 3.41. The van der Waals surface area contributed by atoms with E-state index in [0.29, 0.717) is 0 Å². The van der Waals surface area contributed by atoms with Gasteiger partial charge < -0.3 is 0 Å². The normalized spacial score (nSPS) is 14.3. The molecule has 1 atom stereocenters. The van der Waals surface area contributed by atoms with Crippen molar-refractivity contribution in [3.8, 4) is 0 Å². The average Bonchev–Trinajstić information content (AvgIpc) is 1.82. The molecule has 9 heavy (non-hydrogen) atoms. The lowest BCUT2D eigenvalue weighted by Gasteiger charge is -2.16. The summed E-state index contributed by atoms with van der Waals surface area (Å²) in [4.78, 5) is 0. The fraction of sp³-hybridized carbons (Fsp3) is 1.00. The Hall–Kier alpha value is 0.350. The Labute approximate surface area is 64.4 Å². The zero-order valence-corrected chi connectivity index (χ0v) is 7.62. The van der Waals surface area contributed by atoms with E-state index in [2.05, 4.69) is 33.4 Å². The second kappa shape index (κ2) is 5.16. The van der Waals surface area contributed by atoms with Crippen molar-refractivity contribution >= 4 is 12.6 Å². The van der Waals surface area contributed by atoms with Crippen molar-refractivity contribution in [2.24, 2.45) is 11.8 Å². The van der Waals surface area contributed by atoms with Crippen LogP contribution in [-0.2, 0) is 0 Å². The third-order valence-electron chi connectivity index (χ3n) is 1.84. The zero-order chi connectivity index (χ0) is 7.28. The van der Waals surface area contributed by atoms with Gasteiger partial charge in [0.25, 0.3) is 0 Å². The molecular formula is C8H18S. The summed E-state index contributed by atoms with van der Waals surface area (Å²) in [7, 11) is 0. The maximum absolute atomic E-state index is 4.29. The Kier molecular flexibility index (Phi) is 5.36. The number of hydrogen-bond acceptors (Lipinski definition) is 1. The summed E-state index contributed by atoms with van der Waals surface area (Å²) in [6.45, 7) is 6.78. The molecular weight excluding hydrogens is 128 g/mol. The standard InChI is InChI=1S/C8H18S/c1-4-5-8(6-9)7(2)3/h7-9H,4-6H2,1-3H3. The monoisotopic (exact) mass is 146 g/mol. The van der Waals surface area contributed by atoms with Crippen LogP contribution in [0.15, 0.2) is 0 Å². The molecule has 0 aliphatic rings. The maximum atomic E-state index is 4.29. The van der Waals surface area contributed by atoms with Crippen molar-refractivity contribution in [1.82, 2.24) is 0 Å². The summed E-state index contributed by atoms with van der Waals surface area (Å²) in [5.41, 5.74) is 0. The first kappa shape index (κ1) is 9.35. The Morgan fingerprint density at radius 1 is 1.33 bits per heavy atom. The Bertz CT molecular complexity index is 59.6. The molecule has 0 amide bonds. The summed E-state index contributed by atoms with van der Waals surface area (Å²) in [5.74, 6) is 2.69. The first-order valence-corrected chi connectivity index (χ1v) is 4.46. The second-order valence-corrected chi connectivity index (χ2v) is 3.34. The first-order chi connectivity index (χ1) is 4.22. The second-order valence-electron chi connectivity index (χ2n) is 2.98. The zero-order valence-electron chi connectivity index (χ0n) is 6.72. The van der Waals surface area contributed by atoms with Crippen LogP contribution < -0.4 is 0 Å². The highest BCUT2D eigenvalue weighted by Crippen LogP contribution is 2.17. The molecule has 0 bridgehead atoms. The van der Waals surface area contributed by atoms with Crippen molar-refractivity contribution in [3.63, 3.8) is 0 Å². The first-order valence-electron chi connectivity index (χ1n) is 3.83. The molecule has 0 aliphatic carbocycles. The maximum Gasteiger partial charge on any atom is -0.00671 e. The minimum Gasteiger partial charge on any atom is -0.179 e. The van der Waals surface area contributed by atoms with Gasteiger partial charge >= 0.3 is 0 Å².